The van der Waals surface area contributed by atoms with Gasteiger partial charge < -0.3 is 9.47 Å². The molecular weight excluding hydrogens is 124 g/mol. The molecule has 3 heteroatoms. The molecule has 0 N–H and O–H groups in total. The molecule has 0 heterocycles. The molecule has 0 saturated heterocycles. The van der Waals surface area contributed by atoms with Crippen molar-refractivity contribution in [3.8, 4) is 0 Å². The Labute approximate surface area is 54.8 Å². The summed E-state index contributed by atoms with van der Waals surface area (Å²) in [5.74, 6) is 0. The summed E-state index contributed by atoms with van der Waals surface area (Å²) in [5.41, 5.74) is 0. The van der Waals surface area contributed by atoms with Crippen LogP contribution in [0.5, 0.6) is 0 Å². The third-order valence-electron chi connectivity index (χ3n) is 0.814. The van der Waals surface area contributed by atoms with Crippen LogP contribution in [0.25, 0.3) is 0 Å². The number of ether oxygens (including phenoxy) is 2. The van der Waals surface area contributed by atoms with Crippen LogP contribution < -0.4 is 0 Å². The third kappa shape index (κ3) is 3.07. The summed E-state index contributed by atoms with van der Waals surface area (Å²) in [4.78, 5) is 0. The zero-order valence-corrected chi connectivity index (χ0v) is 5.90. The normalized spacial score (nSPS) is 9.88. The first kappa shape index (κ1) is 8.01. The first-order valence-corrected chi connectivity index (χ1v) is 2.81. The summed E-state index contributed by atoms with van der Waals surface area (Å²) in [5, 5.41) is 1.59. The van der Waals surface area contributed by atoms with Gasteiger partial charge in [-0.15, -0.1) is 0 Å². The molecule has 0 aliphatic carbocycles. The molecule has 0 unspecified atom stereocenters. The number of thiocarbonyl (C=S) groups is 1. The molecule has 2 nitrogen and oxygen atoms in total. The van der Waals surface area contributed by atoms with Gasteiger partial charge in [-0.25, -0.2) is 0 Å². The maximum Gasteiger partial charge on any atom is 0.161 e. The highest BCUT2D eigenvalue weighted by Gasteiger charge is 1.98. The van der Waals surface area contributed by atoms with Crippen molar-refractivity contribution in [2.24, 2.45) is 0 Å². The van der Waals surface area contributed by atoms with Crippen molar-refractivity contribution in [3.63, 3.8) is 0 Å². The standard InChI is InChI=1S/C5H10O2S/c1-6-5(7-2)3-4-8/h4-5H,3H2,1-2H3. The smallest absolute Gasteiger partial charge is 0.161 e. The van der Waals surface area contributed by atoms with Crippen molar-refractivity contribution in [2.75, 3.05) is 14.2 Å². The molecular formula is C5H10O2S. The van der Waals surface area contributed by atoms with Crippen LogP contribution in [0.3, 0.4) is 0 Å². The van der Waals surface area contributed by atoms with E-state index in [0.717, 1.165) is 0 Å². The van der Waals surface area contributed by atoms with E-state index in [2.05, 4.69) is 12.2 Å². The maximum atomic E-state index is 4.82. The van der Waals surface area contributed by atoms with E-state index in [0.29, 0.717) is 6.42 Å². The Morgan fingerprint density at radius 3 is 2.12 bits per heavy atom. The van der Waals surface area contributed by atoms with Crippen LogP contribution >= 0.6 is 12.2 Å². The van der Waals surface area contributed by atoms with Crippen molar-refractivity contribution >= 4 is 17.6 Å². The van der Waals surface area contributed by atoms with E-state index in [4.69, 9.17) is 9.47 Å². The lowest BCUT2D eigenvalue weighted by Crippen LogP contribution is -2.12. The average molecular weight is 134 g/mol. The summed E-state index contributed by atoms with van der Waals surface area (Å²) < 4.78 is 9.64. The van der Waals surface area contributed by atoms with E-state index < -0.39 is 0 Å². The van der Waals surface area contributed by atoms with Crippen molar-refractivity contribution in [2.45, 2.75) is 12.7 Å². The second-order valence-electron chi connectivity index (χ2n) is 1.30. The monoisotopic (exact) mass is 134 g/mol. The fourth-order valence-corrected chi connectivity index (χ4v) is 0.524. The molecule has 0 radical (unpaired) electrons. The predicted molar refractivity (Wildman–Crippen MR) is 36.1 cm³/mol. The van der Waals surface area contributed by atoms with Crippen LogP contribution in [-0.4, -0.2) is 25.9 Å². The van der Waals surface area contributed by atoms with E-state index in [1.165, 1.54) is 0 Å². The summed E-state index contributed by atoms with van der Waals surface area (Å²) in [6, 6.07) is 0. The predicted octanol–water partition coefficient (Wildman–Crippen LogP) is 0.995. The first-order valence-electron chi connectivity index (χ1n) is 2.34. The molecule has 0 aliphatic heterocycles. The molecule has 0 spiro atoms. The number of hydrogen-bond acceptors (Lipinski definition) is 3. The summed E-state index contributed by atoms with van der Waals surface area (Å²) in [7, 11) is 3.18. The van der Waals surface area contributed by atoms with E-state index in [1.807, 2.05) is 0 Å². The molecule has 0 aromatic rings. The van der Waals surface area contributed by atoms with Crippen molar-refractivity contribution in [3.05, 3.63) is 0 Å². The molecule has 0 fully saturated rings. The Hall–Kier alpha value is 0.01000. The topological polar surface area (TPSA) is 18.5 Å². The van der Waals surface area contributed by atoms with Crippen LogP contribution in [0.1, 0.15) is 6.42 Å². The van der Waals surface area contributed by atoms with Crippen LogP contribution in [-0.2, 0) is 9.47 Å². The number of methoxy groups -OCH3 is 2. The van der Waals surface area contributed by atoms with E-state index >= 15 is 0 Å². The Bertz CT molecular complexity index is 61.4. The largest absolute Gasteiger partial charge is 0.356 e. The lowest BCUT2D eigenvalue weighted by molar-refractivity contribution is -0.0949. The number of hydrogen-bond donors (Lipinski definition) is 0. The SMILES string of the molecule is COC(CC=S)OC. The second kappa shape index (κ2) is 5.15. The van der Waals surface area contributed by atoms with E-state index in [-0.39, 0.29) is 6.29 Å². The number of rotatable bonds is 4. The van der Waals surface area contributed by atoms with Crippen LogP contribution in [0, 0.1) is 0 Å². The molecule has 0 atom stereocenters. The van der Waals surface area contributed by atoms with E-state index in [1.54, 1.807) is 19.6 Å². The van der Waals surface area contributed by atoms with Crippen LogP contribution in [0.2, 0.25) is 0 Å². The third-order valence-corrected chi connectivity index (χ3v) is 1.01. The summed E-state index contributed by atoms with van der Waals surface area (Å²) in [6.45, 7) is 0. The average Bonchev–Trinajstić information content (AvgIpc) is 1.83. The minimum atomic E-state index is -0.160. The Morgan fingerprint density at radius 2 is 2.00 bits per heavy atom. The highest BCUT2D eigenvalue weighted by Crippen LogP contribution is 1.93. The van der Waals surface area contributed by atoms with Gasteiger partial charge in [-0.2, -0.15) is 0 Å². The fourth-order valence-electron chi connectivity index (χ4n) is 0.367. The Balaban J connectivity index is 3.20. The molecule has 0 saturated carbocycles. The molecule has 0 aliphatic rings. The van der Waals surface area contributed by atoms with Gasteiger partial charge in [0, 0.05) is 20.6 Å². The molecule has 8 heavy (non-hydrogen) atoms. The summed E-state index contributed by atoms with van der Waals surface area (Å²) >= 11 is 4.58. The van der Waals surface area contributed by atoms with Gasteiger partial charge in [-0.1, -0.05) is 12.2 Å². The first-order chi connectivity index (χ1) is 3.85. The van der Waals surface area contributed by atoms with Gasteiger partial charge >= 0.3 is 0 Å². The van der Waals surface area contributed by atoms with Gasteiger partial charge in [0.05, 0.1) is 0 Å². The van der Waals surface area contributed by atoms with Crippen molar-refractivity contribution in [1.29, 1.82) is 0 Å². The molecule has 0 rings (SSSR count). The molecule has 0 aromatic heterocycles. The molecule has 48 valence electrons. The molecule has 0 bridgehead atoms. The lowest BCUT2D eigenvalue weighted by atomic mass is 10.5. The molecule has 0 aromatic carbocycles. The van der Waals surface area contributed by atoms with Gasteiger partial charge in [0.25, 0.3) is 0 Å². The zero-order chi connectivity index (χ0) is 6.41. The highest BCUT2D eigenvalue weighted by molar-refractivity contribution is 7.78. The molecule has 0 amide bonds. The van der Waals surface area contributed by atoms with Gasteiger partial charge in [0.2, 0.25) is 0 Å². The minimum Gasteiger partial charge on any atom is -0.356 e. The quantitative estimate of drug-likeness (QED) is 0.422. The van der Waals surface area contributed by atoms with Gasteiger partial charge in [0.15, 0.2) is 6.29 Å². The highest BCUT2D eigenvalue weighted by atomic mass is 32.1. The van der Waals surface area contributed by atoms with Gasteiger partial charge in [0.1, 0.15) is 0 Å². The van der Waals surface area contributed by atoms with Gasteiger partial charge in [-0.05, 0) is 5.37 Å². The van der Waals surface area contributed by atoms with E-state index in [9.17, 15) is 0 Å². The van der Waals surface area contributed by atoms with Crippen molar-refractivity contribution < 1.29 is 9.47 Å². The minimum absolute atomic E-state index is 0.160. The Kier molecular flexibility index (Phi) is 5.16. The maximum absolute atomic E-state index is 4.82. The van der Waals surface area contributed by atoms with Crippen LogP contribution in [0.4, 0.5) is 0 Å². The fraction of sp³-hybridized carbons (Fsp3) is 0.800. The summed E-state index contributed by atoms with van der Waals surface area (Å²) in [6.07, 6.45) is 0.509. The van der Waals surface area contributed by atoms with Crippen LogP contribution in [0.15, 0.2) is 0 Å². The van der Waals surface area contributed by atoms with Gasteiger partial charge in [-0.3, -0.25) is 0 Å². The van der Waals surface area contributed by atoms with Crippen molar-refractivity contribution in [1.82, 2.24) is 0 Å². The second-order valence-corrected chi connectivity index (χ2v) is 1.64. The zero-order valence-electron chi connectivity index (χ0n) is 5.09. The Morgan fingerprint density at radius 1 is 1.50 bits per heavy atom. The lowest BCUT2D eigenvalue weighted by Gasteiger charge is -2.08.